The number of nitrogens with one attached hydrogen (secondary N) is 1. The van der Waals surface area contributed by atoms with E-state index in [1.54, 1.807) is 19.2 Å². The Bertz CT molecular complexity index is 761. The average molecular weight is 280 g/mol. The quantitative estimate of drug-likeness (QED) is 0.768. The monoisotopic (exact) mass is 280 g/mol. The van der Waals surface area contributed by atoms with Crippen molar-refractivity contribution >= 4 is 0 Å². The number of methoxy groups -OCH3 is 1. The van der Waals surface area contributed by atoms with Crippen LogP contribution in [0.5, 0.6) is 11.5 Å². The van der Waals surface area contributed by atoms with Gasteiger partial charge in [-0.25, -0.2) is 0 Å². The molecule has 0 aliphatic carbocycles. The predicted molar refractivity (Wildman–Crippen MR) is 82.4 cm³/mol. The van der Waals surface area contributed by atoms with Gasteiger partial charge >= 0.3 is 0 Å². The fraction of sp³-hybridized carbons (Fsp3) is 0.118. The number of hydrogen-bond donors (Lipinski definition) is 2. The second kappa shape index (κ2) is 5.32. The van der Waals surface area contributed by atoms with E-state index >= 15 is 0 Å². The van der Waals surface area contributed by atoms with Crippen LogP contribution in [0.2, 0.25) is 0 Å². The van der Waals surface area contributed by atoms with Gasteiger partial charge in [-0.1, -0.05) is 12.1 Å². The molecule has 0 aliphatic heterocycles. The summed E-state index contributed by atoms with van der Waals surface area (Å²) in [5, 5.41) is 17.4. The van der Waals surface area contributed by atoms with Crippen molar-refractivity contribution in [2.24, 2.45) is 0 Å². The molecule has 2 aromatic carbocycles. The summed E-state index contributed by atoms with van der Waals surface area (Å²) in [5.74, 6) is 1.05. The maximum Gasteiger partial charge on any atom is 0.124 e. The van der Waals surface area contributed by atoms with Gasteiger partial charge in [0, 0.05) is 16.7 Å². The molecule has 0 radical (unpaired) electrons. The summed E-state index contributed by atoms with van der Waals surface area (Å²) < 4.78 is 5.16. The van der Waals surface area contributed by atoms with Crippen LogP contribution in [-0.2, 0) is 0 Å². The summed E-state index contributed by atoms with van der Waals surface area (Å²) in [6, 6.07) is 15.0. The normalized spacial score (nSPS) is 10.6. The molecule has 2 N–H and O–H groups in total. The molecule has 0 bridgehead atoms. The molecule has 106 valence electrons. The first-order valence-corrected chi connectivity index (χ1v) is 6.68. The van der Waals surface area contributed by atoms with E-state index in [-0.39, 0.29) is 5.75 Å². The van der Waals surface area contributed by atoms with E-state index in [0.29, 0.717) is 0 Å². The van der Waals surface area contributed by atoms with E-state index in [2.05, 4.69) is 10.2 Å². The SMILES string of the molecule is COc1ccc(-c2n[nH]c(-c3ccccc3O)c2C)cc1. The number of para-hydroxylation sites is 1. The number of hydrogen-bond acceptors (Lipinski definition) is 3. The van der Waals surface area contributed by atoms with Crippen LogP contribution in [0.4, 0.5) is 0 Å². The van der Waals surface area contributed by atoms with Gasteiger partial charge in [-0.3, -0.25) is 5.10 Å². The Morgan fingerprint density at radius 1 is 1.05 bits per heavy atom. The van der Waals surface area contributed by atoms with Crippen LogP contribution in [0.3, 0.4) is 0 Å². The summed E-state index contributed by atoms with van der Waals surface area (Å²) in [7, 11) is 1.64. The van der Waals surface area contributed by atoms with Crippen molar-refractivity contribution < 1.29 is 9.84 Å². The molecule has 0 atom stereocenters. The maximum absolute atomic E-state index is 9.97. The number of phenolic OH excluding ortho intramolecular Hbond substituents is 1. The summed E-state index contributed by atoms with van der Waals surface area (Å²) >= 11 is 0. The van der Waals surface area contributed by atoms with Gasteiger partial charge in [0.25, 0.3) is 0 Å². The van der Waals surface area contributed by atoms with Gasteiger partial charge in [-0.15, -0.1) is 0 Å². The highest BCUT2D eigenvalue weighted by Crippen LogP contribution is 2.34. The van der Waals surface area contributed by atoms with Gasteiger partial charge in [0.15, 0.2) is 0 Å². The lowest BCUT2D eigenvalue weighted by Crippen LogP contribution is -1.85. The van der Waals surface area contributed by atoms with Crippen molar-refractivity contribution in [3.05, 3.63) is 54.1 Å². The van der Waals surface area contributed by atoms with E-state index in [0.717, 1.165) is 33.8 Å². The molecule has 0 aliphatic rings. The number of benzene rings is 2. The second-order valence-corrected chi connectivity index (χ2v) is 4.82. The van der Waals surface area contributed by atoms with E-state index in [9.17, 15) is 5.11 Å². The largest absolute Gasteiger partial charge is 0.507 e. The molecule has 0 saturated carbocycles. The zero-order valence-electron chi connectivity index (χ0n) is 11.9. The van der Waals surface area contributed by atoms with E-state index in [1.807, 2.05) is 43.3 Å². The van der Waals surface area contributed by atoms with Crippen molar-refractivity contribution in [1.29, 1.82) is 0 Å². The van der Waals surface area contributed by atoms with Crippen molar-refractivity contribution in [2.45, 2.75) is 6.92 Å². The molecule has 21 heavy (non-hydrogen) atoms. The van der Waals surface area contributed by atoms with E-state index < -0.39 is 0 Å². The Hall–Kier alpha value is -2.75. The summed E-state index contributed by atoms with van der Waals surface area (Å²) in [6.07, 6.45) is 0. The highest BCUT2D eigenvalue weighted by molar-refractivity contribution is 5.76. The summed E-state index contributed by atoms with van der Waals surface area (Å²) in [4.78, 5) is 0. The Morgan fingerprint density at radius 3 is 2.43 bits per heavy atom. The number of aromatic hydroxyl groups is 1. The summed E-state index contributed by atoms with van der Waals surface area (Å²) in [6.45, 7) is 1.99. The van der Waals surface area contributed by atoms with Crippen LogP contribution in [0.1, 0.15) is 5.56 Å². The fourth-order valence-electron chi connectivity index (χ4n) is 2.38. The Labute approximate surface area is 123 Å². The van der Waals surface area contributed by atoms with Crippen LogP contribution in [-0.4, -0.2) is 22.4 Å². The molecule has 1 heterocycles. The number of H-pyrrole nitrogens is 1. The van der Waals surface area contributed by atoms with Gasteiger partial charge < -0.3 is 9.84 Å². The highest BCUT2D eigenvalue weighted by Gasteiger charge is 2.14. The number of ether oxygens (including phenoxy) is 1. The minimum Gasteiger partial charge on any atom is -0.507 e. The first-order valence-electron chi connectivity index (χ1n) is 6.68. The minimum atomic E-state index is 0.241. The zero-order chi connectivity index (χ0) is 14.8. The molecule has 0 amide bonds. The molecule has 4 nitrogen and oxygen atoms in total. The molecule has 0 fully saturated rings. The van der Waals surface area contributed by atoms with Crippen LogP contribution >= 0.6 is 0 Å². The van der Waals surface area contributed by atoms with Crippen molar-refractivity contribution in [2.75, 3.05) is 7.11 Å². The van der Waals surface area contributed by atoms with E-state index in [4.69, 9.17) is 4.74 Å². The minimum absolute atomic E-state index is 0.241. The van der Waals surface area contributed by atoms with Crippen molar-refractivity contribution in [1.82, 2.24) is 10.2 Å². The standard InChI is InChI=1S/C17H16N2O2/c1-11-16(12-7-9-13(21-2)10-8-12)18-19-17(11)14-5-3-4-6-15(14)20/h3-10,20H,1-2H3,(H,18,19). The van der Waals surface area contributed by atoms with Crippen LogP contribution in [0, 0.1) is 6.92 Å². The number of aromatic nitrogens is 2. The lowest BCUT2D eigenvalue weighted by molar-refractivity contribution is 0.415. The number of phenols is 1. The number of rotatable bonds is 3. The average Bonchev–Trinajstić information content (AvgIpc) is 2.89. The zero-order valence-corrected chi connectivity index (χ0v) is 11.9. The molecule has 0 unspecified atom stereocenters. The first-order chi connectivity index (χ1) is 10.2. The molecule has 0 spiro atoms. The third kappa shape index (κ3) is 2.36. The molecule has 3 rings (SSSR count). The lowest BCUT2D eigenvalue weighted by Gasteiger charge is -2.04. The Balaban J connectivity index is 2.05. The predicted octanol–water partition coefficient (Wildman–Crippen LogP) is 3.77. The van der Waals surface area contributed by atoms with Gasteiger partial charge in [0.2, 0.25) is 0 Å². The summed E-state index contributed by atoms with van der Waals surface area (Å²) in [5.41, 5.74) is 4.46. The Morgan fingerprint density at radius 2 is 1.76 bits per heavy atom. The van der Waals surface area contributed by atoms with Gasteiger partial charge in [-0.05, 0) is 43.3 Å². The molecule has 3 aromatic rings. The van der Waals surface area contributed by atoms with Gasteiger partial charge in [-0.2, -0.15) is 5.10 Å². The third-order valence-corrected chi connectivity index (χ3v) is 3.55. The second-order valence-electron chi connectivity index (χ2n) is 4.82. The molecule has 4 heteroatoms. The molecular weight excluding hydrogens is 264 g/mol. The fourth-order valence-corrected chi connectivity index (χ4v) is 2.38. The lowest BCUT2D eigenvalue weighted by atomic mass is 10.0. The molecular formula is C17H16N2O2. The van der Waals surface area contributed by atoms with E-state index in [1.165, 1.54) is 0 Å². The highest BCUT2D eigenvalue weighted by atomic mass is 16.5. The van der Waals surface area contributed by atoms with Gasteiger partial charge in [0.05, 0.1) is 18.5 Å². The number of aromatic amines is 1. The van der Waals surface area contributed by atoms with Crippen molar-refractivity contribution in [3.63, 3.8) is 0 Å². The molecule has 0 saturated heterocycles. The topological polar surface area (TPSA) is 58.1 Å². The van der Waals surface area contributed by atoms with Crippen LogP contribution < -0.4 is 4.74 Å². The first kappa shape index (κ1) is 13.2. The third-order valence-electron chi connectivity index (χ3n) is 3.55. The molecule has 1 aromatic heterocycles. The van der Waals surface area contributed by atoms with Crippen LogP contribution in [0.25, 0.3) is 22.5 Å². The number of nitrogens with zero attached hydrogens (tertiary/aromatic N) is 1. The smallest absolute Gasteiger partial charge is 0.124 e. The van der Waals surface area contributed by atoms with Crippen molar-refractivity contribution in [3.8, 4) is 34.0 Å². The maximum atomic E-state index is 9.97. The van der Waals surface area contributed by atoms with Gasteiger partial charge in [0.1, 0.15) is 11.5 Å². The Kier molecular flexibility index (Phi) is 3.36. The van der Waals surface area contributed by atoms with Crippen LogP contribution in [0.15, 0.2) is 48.5 Å².